The molecule has 0 spiro atoms. The second-order valence-electron chi connectivity index (χ2n) is 5.92. The SMILES string of the molecule is CC(C)(N)CNC(=O)COc1ccccc1-c1ccccc1.Cl. The number of benzene rings is 2. The van der Waals surface area contributed by atoms with Crippen LogP contribution in [0.5, 0.6) is 5.75 Å². The Morgan fingerprint density at radius 3 is 2.35 bits per heavy atom. The molecule has 0 unspecified atom stereocenters. The second kappa shape index (κ2) is 8.56. The summed E-state index contributed by atoms with van der Waals surface area (Å²) in [6, 6.07) is 17.6. The summed E-state index contributed by atoms with van der Waals surface area (Å²) in [5, 5.41) is 2.76. The van der Waals surface area contributed by atoms with E-state index in [1.54, 1.807) is 0 Å². The minimum atomic E-state index is -0.433. The molecule has 0 fully saturated rings. The first kappa shape index (κ1) is 19.0. The number of carbonyl (C=O) groups is 1. The van der Waals surface area contributed by atoms with Crippen LogP contribution in [0.2, 0.25) is 0 Å². The van der Waals surface area contributed by atoms with Crippen LogP contribution in [-0.4, -0.2) is 24.6 Å². The van der Waals surface area contributed by atoms with Gasteiger partial charge in [0, 0.05) is 17.6 Å². The topological polar surface area (TPSA) is 64.3 Å². The third-order valence-corrected chi connectivity index (χ3v) is 3.07. The van der Waals surface area contributed by atoms with Gasteiger partial charge in [0.15, 0.2) is 6.61 Å². The summed E-state index contributed by atoms with van der Waals surface area (Å²) in [4.78, 5) is 11.8. The van der Waals surface area contributed by atoms with Crippen molar-refractivity contribution in [1.29, 1.82) is 0 Å². The first-order chi connectivity index (χ1) is 10.5. The molecule has 1 amide bonds. The molecule has 3 N–H and O–H groups in total. The monoisotopic (exact) mass is 334 g/mol. The molecule has 0 bridgehead atoms. The molecular formula is C18H23ClN2O2. The fourth-order valence-electron chi connectivity index (χ4n) is 1.97. The predicted octanol–water partition coefficient (Wildman–Crippen LogP) is 3.01. The summed E-state index contributed by atoms with van der Waals surface area (Å²) in [6.45, 7) is 4.10. The zero-order chi connectivity index (χ0) is 16.0. The molecule has 4 nitrogen and oxygen atoms in total. The van der Waals surface area contributed by atoms with Crippen molar-refractivity contribution in [3.8, 4) is 16.9 Å². The minimum absolute atomic E-state index is 0. The Hall–Kier alpha value is -2.04. The van der Waals surface area contributed by atoms with Crippen LogP contribution in [0.3, 0.4) is 0 Å². The lowest BCUT2D eigenvalue weighted by atomic mass is 10.1. The molecule has 23 heavy (non-hydrogen) atoms. The first-order valence-electron chi connectivity index (χ1n) is 7.28. The maximum Gasteiger partial charge on any atom is 0.258 e. The van der Waals surface area contributed by atoms with Gasteiger partial charge in [-0.25, -0.2) is 0 Å². The van der Waals surface area contributed by atoms with Crippen LogP contribution in [0.4, 0.5) is 0 Å². The van der Waals surface area contributed by atoms with Gasteiger partial charge in [0.2, 0.25) is 0 Å². The molecule has 0 heterocycles. The van der Waals surface area contributed by atoms with E-state index >= 15 is 0 Å². The number of ether oxygens (including phenoxy) is 1. The summed E-state index contributed by atoms with van der Waals surface area (Å²) in [6.07, 6.45) is 0. The number of hydrogen-bond acceptors (Lipinski definition) is 3. The van der Waals surface area contributed by atoms with E-state index in [0.717, 1.165) is 11.1 Å². The molecule has 0 radical (unpaired) electrons. The maximum absolute atomic E-state index is 11.8. The Morgan fingerprint density at radius 1 is 1.09 bits per heavy atom. The van der Waals surface area contributed by atoms with E-state index in [-0.39, 0.29) is 24.9 Å². The maximum atomic E-state index is 11.8. The van der Waals surface area contributed by atoms with Gasteiger partial charge in [-0.2, -0.15) is 0 Å². The third-order valence-electron chi connectivity index (χ3n) is 3.07. The van der Waals surface area contributed by atoms with Gasteiger partial charge in [-0.1, -0.05) is 48.5 Å². The average Bonchev–Trinajstić information content (AvgIpc) is 2.51. The summed E-state index contributed by atoms with van der Waals surface area (Å²) in [7, 11) is 0. The summed E-state index contributed by atoms with van der Waals surface area (Å²) >= 11 is 0. The van der Waals surface area contributed by atoms with E-state index in [9.17, 15) is 4.79 Å². The highest BCUT2D eigenvalue weighted by molar-refractivity contribution is 5.85. The normalized spacial score (nSPS) is 10.6. The van der Waals surface area contributed by atoms with Crippen LogP contribution in [0.25, 0.3) is 11.1 Å². The lowest BCUT2D eigenvalue weighted by molar-refractivity contribution is -0.123. The number of rotatable bonds is 6. The average molecular weight is 335 g/mol. The first-order valence-corrected chi connectivity index (χ1v) is 7.28. The lowest BCUT2D eigenvalue weighted by Gasteiger charge is -2.19. The molecule has 0 saturated carbocycles. The van der Waals surface area contributed by atoms with Gasteiger partial charge >= 0.3 is 0 Å². The molecule has 0 atom stereocenters. The highest BCUT2D eigenvalue weighted by Crippen LogP contribution is 2.29. The molecule has 0 aromatic heterocycles. The number of nitrogens with two attached hydrogens (primary N) is 1. The number of hydrogen-bond donors (Lipinski definition) is 2. The van der Waals surface area contributed by atoms with E-state index < -0.39 is 5.54 Å². The van der Waals surface area contributed by atoms with E-state index in [0.29, 0.717) is 12.3 Å². The van der Waals surface area contributed by atoms with E-state index in [1.807, 2.05) is 68.4 Å². The van der Waals surface area contributed by atoms with Gasteiger partial charge in [0.25, 0.3) is 5.91 Å². The smallest absolute Gasteiger partial charge is 0.258 e. The van der Waals surface area contributed by atoms with Gasteiger partial charge in [-0.3, -0.25) is 4.79 Å². The molecule has 2 aromatic carbocycles. The summed E-state index contributed by atoms with van der Waals surface area (Å²) in [5.41, 5.74) is 7.43. The highest BCUT2D eigenvalue weighted by atomic mass is 35.5. The molecule has 0 aliphatic rings. The van der Waals surface area contributed by atoms with Gasteiger partial charge in [0.1, 0.15) is 5.75 Å². The van der Waals surface area contributed by atoms with E-state index in [1.165, 1.54) is 0 Å². The van der Waals surface area contributed by atoms with Crippen LogP contribution in [0.1, 0.15) is 13.8 Å². The quantitative estimate of drug-likeness (QED) is 0.853. The number of para-hydroxylation sites is 1. The van der Waals surface area contributed by atoms with E-state index in [2.05, 4.69) is 5.32 Å². The fourth-order valence-corrected chi connectivity index (χ4v) is 1.97. The van der Waals surface area contributed by atoms with Crippen LogP contribution < -0.4 is 15.8 Å². The van der Waals surface area contributed by atoms with Crippen molar-refractivity contribution in [3.05, 3.63) is 54.6 Å². The Labute approximate surface area is 143 Å². The second-order valence-corrected chi connectivity index (χ2v) is 5.92. The number of nitrogens with one attached hydrogen (secondary N) is 1. The third kappa shape index (κ3) is 6.30. The van der Waals surface area contributed by atoms with E-state index in [4.69, 9.17) is 10.5 Å². The Balaban J connectivity index is 0.00000264. The van der Waals surface area contributed by atoms with Crippen molar-refractivity contribution < 1.29 is 9.53 Å². The molecule has 2 rings (SSSR count). The largest absolute Gasteiger partial charge is 0.483 e. The van der Waals surface area contributed by atoms with Crippen LogP contribution >= 0.6 is 12.4 Å². The molecule has 0 saturated heterocycles. The molecule has 0 aliphatic carbocycles. The standard InChI is InChI=1S/C18H22N2O2.ClH/c1-18(2,19)13-20-17(21)12-22-16-11-7-6-10-15(16)14-8-4-3-5-9-14;/h3-11H,12-13,19H2,1-2H3,(H,20,21);1H. The van der Waals surface area contributed by atoms with Crippen molar-refractivity contribution in [3.63, 3.8) is 0 Å². The van der Waals surface area contributed by atoms with Gasteiger partial charge in [-0.15, -0.1) is 12.4 Å². The van der Waals surface area contributed by atoms with Gasteiger partial charge in [-0.05, 0) is 25.5 Å². The van der Waals surface area contributed by atoms with Crippen molar-refractivity contribution in [1.82, 2.24) is 5.32 Å². The molecule has 5 heteroatoms. The molecule has 2 aromatic rings. The molecule has 0 aliphatic heterocycles. The van der Waals surface area contributed by atoms with Crippen LogP contribution in [-0.2, 0) is 4.79 Å². The molecular weight excluding hydrogens is 312 g/mol. The lowest BCUT2D eigenvalue weighted by Crippen LogP contribution is -2.46. The van der Waals surface area contributed by atoms with Crippen molar-refractivity contribution in [2.24, 2.45) is 5.73 Å². The highest BCUT2D eigenvalue weighted by Gasteiger charge is 2.13. The van der Waals surface area contributed by atoms with Gasteiger partial charge in [0.05, 0.1) is 0 Å². The van der Waals surface area contributed by atoms with Gasteiger partial charge < -0.3 is 15.8 Å². The molecule has 124 valence electrons. The van der Waals surface area contributed by atoms with Crippen molar-refractivity contribution >= 4 is 18.3 Å². The number of amides is 1. The Kier molecular flexibility index (Phi) is 7.07. The van der Waals surface area contributed by atoms with Crippen molar-refractivity contribution in [2.45, 2.75) is 19.4 Å². The zero-order valence-electron chi connectivity index (χ0n) is 13.4. The minimum Gasteiger partial charge on any atom is -0.483 e. The Bertz CT molecular complexity index is 624. The summed E-state index contributed by atoms with van der Waals surface area (Å²) in [5.74, 6) is 0.511. The number of halogens is 1. The van der Waals surface area contributed by atoms with Crippen molar-refractivity contribution in [2.75, 3.05) is 13.2 Å². The van der Waals surface area contributed by atoms with Crippen LogP contribution in [0, 0.1) is 0 Å². The zero-order valence-corrected chi connectivity index (χ0v) is 14.2. The predicted molar refractivity (Wildman–Crippen MR) is 95.9 cm³/mol. The summed E-state index contributed by atoms with van der Waals surface area (Å²) < 4.78 is 5.67. The fraction of sp³-hybridized carbons (Fsp3) is 0.278. The number of carbonyl (C=O) groups excluding carboxylic acids is 1. The Morgan fingerprint density at radius 2 is 1.70 bits per heavy atom. The van der Waals surface area contributed by atoms with Crippen LogP contribution in [0.15, 0.2) is 54.6 Å².